The molecule has 0 atom stereocenters. The number of hydrogen-bond donors (Lipinski definition) is 0. The SMILES string of the molecule is c1ccc(-c2ccc(N(c3ccc(N4c5ccccc5-c5cccc6cccc4c56)cc3)c3ccc4ccccc4c3)cc2)cc1. The van der Waals surface area contributed by atoms with Crippen LogP contribution in [0.5, 0.6) is 0 Å². The maximum absolute atomic E-state index is 2.41. The maximum atomic E-state index is 2.41. The maximum Gasteiger partial charge on any atom is 0.0546 e. The molecule has 0 aliphatic carbocycles. The zero-order valence-electron chi connectivity index (χ0n) is 25.2. The molecule has 0 fully saturated rings. The summed E-state index contributed by atoms with van der Waals surface area (Å²) in [5.74, 6) is 0. The number of nitrogens with zero attached hydrogens (tertiary/aromatic N) is 2. The molecule has 216 valence electrons. The van der Waals surface area contributed by atoms with Crippen LogP contribution in [0.1, 0.15) is 0 Å². The first-order valence-corrected chi connectivity index (χ1v) is 15.8. The Morgan fingerprint density at radius 1 is 0.348 bits per heavy atom. The van der Waals surface area contributed by atoms with E-state index in [1.165, 1.54) is 55.2 Å². The van der Waals surface area contributed by atoms with Crippen LogP contribution in [0.15, 0.2) is 182 Å². The van der Waals surface area contributed by atoms with E-state index in [0.29, 0.717) is 0 Å². The van der Waals surface area contributed by atoms with Gasteiger partial charge in [-0.25, -0.2) is 0 Å². The number of para-hydroxylation sites is 1. The van der Waals surface area contributed by atoms with Crippen LogP contribution < -0.4 is 9.80 Å². The highest BCUT2D eigenvalue weighted by atomic mass is 15.2. The van der Waals surface area contributed by atoms with Crippen molar-refractivity contribution in [1.82, 2.24) is 0 Å². The summed E-state index contributed by atoms with van der Waals surface area (Å²) in [5.41, 5.74) is 11.9. The molecule has 9 rings (SSSR count). The number of fused-ring (bicyclic) bond motifs is 3. The van der Waals surface area contributed by atoms with Crippen molar-refractivity contribution in [3.05, 3.63) is 182 Å². The summed E-state index contributed by atoms with van der Waals surface area (Å²) < 4.78 is 0. The minimum atomic E-state index is 1.11. The average molecular weight is 587 g/mol. The first-order chi connectivity index (χ1) is 22.8. The fourth-order valence-corrected chi connectivity index (χ4v) is 6.98. The first kappa shape index (κ1) is 26.3. The van der Waals surface area contributed by atoms with Gasteiger partial charge in [-0.15, -0.1) is 0 Å². The molecule has 2 nitrogen and oxygen atoms in total. The summed E-state index contributed by atoms with van der Waals surface area (Å²) >= 11 is 0. The second kappa shape index (κ2) is 10.8. The van der Waals surface area contributed by atoms with Gasteiger partial charge in [-0.3, -0.25) is 0 Å². The Morgan fingerprint density at radius 2 is 0.913 bits per heavy atom. The van der Waals surface area contributed by atoms with Gasteiger partial charge in [-0.2, -0.15) is 0 Å². The van der Waals surface area contributed by atoms with Gasteiger partial charge in [0.05, 0.1) is 11.4 Å². The zero-order valence-corrected chi connectivity index (χ0v) is 25.2. The molecule has 0 saturated heterocycles. The topological polar surface area (TPSA) is 6.48 Å². The van der Waals surface area contributed by atoms with Crippen LogP contribution in [-0.4, -0.2) is 0 Å². The lowest BCUT2D eigenvalue weighted by atomic mass is 9.91. The molecule has 0 aromatic heterocycles. The van der Waals surface area contributed by atoms with Crippen molar-refractivity contribution in [2.24, 2.45) is 0 Å². The molecule has 8 aromatic carbocycles. The summed E-state index contributed by atoms with van der Waals surface area (Å²) in [6.45, 7) is 0. The number of benzene rings is 8. The second-order valence-corrected chi connectivity index (χ2v) is 11.8. The third-order valence-electron chi connectivity index (χ3n) is 9.15. The van der Waals surface area contributed by atoms with E-state index in [0.717, 1.165) is 22.7 Å². The normalized spacial score (nSPS) is 11.9. The van der Waals surface area contributed by atoms with Crippen molar-refractivity contribution in [3.63, 3.8) is 0 Å². The Bertz CT molecular complexity index is 2350. The molecule has 1 heterocycles. The van der Waals surface area contributed by atoms with E-state index in [1.807, 2.05) is 0 Å². The van der Waals surface area contributed by atoms with Crippen LogP contribution >= 0.6 is 0 Å². The van der Waals surface area contributed by atoms with E-state index >= 15 is 0 Å². The zero-order chi connectivity index (χ0) is 30.5. The van der Waals surface area contributed by atoms with Crippen molar-refractivity contribution in [3.8, 4) is 22.3 Å². The molecule has 46 heavy (non-hydrogen) atoms. The van der Waals surface area contributed by atoms with Gasteiger partial charge < -0.3 is 9.80 Å². The first-order valence-electron chi connectivity index (χ1n) is 15.8. The third-order valence-corrected chi connectivity index (χ3v) is 9.15. The lowest BCUT2D eigenvalue weighted by Crippen LogP contribution is -2.15. The van der Waals surface area contributed by atoms with Gasteiger partial charge in [0.15, 0.2) is 0 Å². The van der Waals surface area contributed by atoms with Crippen LogP contribution in [0.4, 0.5) is 34.1 Å². The van der Waals surface area contributed by atoms with E-state index in [9.17, 15) is 0 Å². The molecule has 2 heteroatoms. The van der Waals surface area contributed by atoms with E-state index < -0.39 is 0 Å². The molecular weight excluding hydrogens is 556 g/mol. The molecule has 8 aromatic rings. The highest BCUT2D eigenvalue weighted by Gasteiger charge is 2.25. The summed E-state index contributed by atoms with van der Waals surface area (Å²) in [6.07, 6.45) is 0. The fraction of sp³-hybridized carbons (Fsp3) is 0. The fourth-order valence-electron chi connectivity index (χ4n) is 6.98. The Labute approximate surface area is 269 Å². The van der Waals surface area contributed by atoms with E-state index in [4.69, 9.17) is 0 Å². The van der Waals surface area contributed by atoms with E-state index in [2.05, 4.69) is 192 Å². The molecule has 0 radical (unpaired) electrons. The molecule has 0 saturated carbocycles. The van der Waals surface area contributed by atoms with E-state index in [-0.39, 0.29) is 0 Å². The van der Waals surface area contributed by atoms with Crippen LogP contribution in [0.3, 0.4) is 0 Å². The highest BCUT2D eigenvalue weighted by molar-refractivity contribution is 6.13. The number of anilines is 6. The molecule has 1 aliphatic rings. The predicted molar refractivity (Wildman–Crippen MR) is 195 cm³/mol. The lowest BCUT2D eigenvalue weighted by Gasteiger charge is -2.34. The molecule has 0 amide bonds. The highest BCUT2D eigenvalue weighted by Crippen LogP contribution is 2.51. The minimum absolute atomic E-state index is 1.11. The molecule has 1 aliphatic heterocycles. The summed E-state index contributed by atoms with van der Waals surface area (Å²) in [6, 6.07) is 65.7. The predicted octanol–water partition coefficient (Wildman–Crippen LogP) is 12.6. The average Bonchev–Trinajstić information content (AvgIpc) is 3.13. The summed E-state index contributed by atoms with van der Waals surface area (Å²) in [5, 5.41) is 5.01. The van der Waals surface area contributed by atoms with Gasteiger partial charge >= 0.3 is 0 Å². The molecule has 0 unspecified atom stereocenters. The van der Waals surface area contributed by atoms with Gasteiger partial charge in [-0.1, -0.05) is 121 Å². The third kappa shape index (κ3) is 4.35. The van der Waals surface area contributed by atoms with Crippen molar-refractivity contribution < 1.29 is 0 Å². The quantitative estimate of drug-likeness (QED) is 0.198. The van der Waals surface area contributed by atoms with Gasteiger partial charge in [0.2, 0.25) is 0 Å². The monoisotopic (exact) mass is 586 g/mol. The minimum Gasteiger partial charge on any atom is -0.310 e. The molecule has 0 N–H and O–H groups in total. The van der Waals surface area contributed by atoms with Crippen LogP contribution in [0.2, 0.25) is 0 Å². The smallest absolute Gasteiger partial charge is 0.0546 e. The molecular formula is C44H30N2. The summed E-state index contributed by atoms with van der Waals surface area (Å²) in [4.78, 5) is 4.76. The van der Waals surface area contributed by atoms with Gasteiger partial charge in [0.1, 0.15) is 0 Å². The van der Waals surface area contributed by atoms with Gasteiger partial charge in [-0.05, 0) is 93.5 Å². The number of rotatable bonds is 5. The van der Waals surface area contributed by atoms with Crippen LogP contribution in [0.25, 0.3) is 43.8 Å². The standard InChI is InChI=1S/C44H30N2/c1-2-10-31(11-3-1)33-20-23-36(24-21-33)45(39-25-22-32-12-4-5-13-35(32)30-39)37-26-28-38(29-27-37)46-42-18-7-6-16-40(42)41-17-8-14-34-15-9-19-43(46)44(34)41/h1-30H. The molecule has 0 spiro atoms. The number of hydrogen-bond acceptors (Lipinski definition) is 2. The largest absolute Gasteiger partial charge is 0.310 e. The van der Waals surface area contributed by atoms with Gasteiger partial charge in [0.25, 0.3) is 0 Å². The van der Waals surface area contributed by atoms with Crippen molar-refractivity contribution >= 4 is 55.7 Å². The Hall–Kier alpha value is -6.12. The second-order valence-electron chi connectivity index (χ2n) is 11.8. The Balaban J connectivity index is 1.17. The van der Waals surface area contributed by atoms with Crippen molar-refractivity contribution in [1.29, 1.82) is 0 Å². The van der Waals surface area contributed by atoms with Crippen molar-refractivity contribution in [2.75, 3.05) is 9.80 Å². The summed E-state index contributed by atoms with van der Waals surface area (Å²) in [7, 11) is 0. The lowest BCUT2D eigenvalue weighted by molar-refractivity contribution is 1.26. The van der Waals surface area contributed by atoms with Crippen molar-refractivity contribution in [2.45, 2.75) is 0 Å². The van der Waals surface area contributed by atoms with Crippen LogP contribution in [0, 0.1) is 0 Å². The van der Waals surface area contributed by atoms with Crippen LogP contribution in [-0.2, 0) is 0 Å². The van der Waals surface area contributed by atoms with Gasteiger partial charge in [0, 0.05) is 33.7 Å². The molecule has 0 bridgehead atoms. The van der Waals surface area contributed by atoms with E-state index in [1.54, 1.807) is 0 Å². The Kier molecular flexibility index (Phi) is 6.17. The Morgan fingerprint density at radius 3 is 1.72 bits per heavy atom.